The Labute approximate surface area is 155 Å². The Hall–Kier alpha value is -1.85. The number of H-pyrrole nitrogens is 1. The highest BCUT2D eigenvalue weighted by atomic mass is 32.2. The van der Waals surface area contributed by atoms with Crippen molar-refractivity contribution in [2.75, 3.05) is 36.1 Å². The molecule has 2 fully saturated rings. The van der Waals surface area contributed by atoms with Gasteiger partial charge in [-0.15, -0.1) is 0 Å². The molecule has 0 atom stereocenters. The predicted octanol–water partition coefficient (Wildman–Crippen LogP) is 0.868. The summed E-state index contributed by atoms with van der Waals surface area (Å²) in [7, 11) is -2.52. The van der Waals surface area contributed by atoms with Crippen molar-refractivity contribution < 1.29 is 13.7 Å². The van der Waals surface area contributed by atoms with Crippen LogP contribution in [0.2, 0.25) is 0 Å². The molecule has 0 bridgehead atoms. The first-order valence-electron chi connectivity index (χ1n) is 8.45. The van der Waals surface area contributed by atoms with E-state index < -0.39 is 9.73 Å². The van der Waals surface area contributed by atoms with Crippen LogP contribution in [-0.2, 0) is 25.7 Å². The minimum atomic E-state index is -2.52. The highest BCUT2D eigenvalue weighted by molar-refractivity contribution is 7.93. The number of aromatic nitrogens is 4. The van der Waals surface area contributed by atoms with Crippen LogP contribution in [0.5, 0.6) is 0 Å². The zero-order valence-corrected chi connectivity index (χ0v) is 15.8. The maximum absolute atomic E-state index is 13.0. The number of ether oxygens (including phenoxy) is 1. The second kappa shape index (κ2) is 7.05. The number of hydrogen-bond acceptors (Lipinski definition) is 8. The zero-order valence-electron chi connectivity index (χ0n) is 14.2. The molecule has 0 aromatic carbocycles. The normalized spacial score (nSPS) is 29.0. The molecular weight excluding hydrogens is 376 g/mol. The van der Waals surface area contributed by atoms with Gasteiger partial charge in [-0.1, -0.05) is 0 Å². The summed E-state index contributed by atoms with van der Waals surface area (Å²) in [5.74, 6) is 0.396. The van der Waals surface area contributed by atoms with E-state index in [0.29, 0.717) is 43.2 Å². The van der Waals surface area contributed by atoms with Gasteiger partial charge in [0.15, 0.2) is 0 Å². The van der Waals surface area contributed by atoms with Gasteiger partial charge in [0.2, 0.25) is 5.13 Å². The summed E-state index contributed by atoms with van der Waals surface area (Å²) in [5, 5.41) is 7.42. The van der Waals surface area contributed by atoms with E-state index in [-0.39, 0.29) is 17.9 Å². The fourth-order valence-corrected chi connectivity index (χ4v) is 6.15. The molecular formula is C15H20N6O3S2. The van der Waals surface area contributed by atoms with Gasteiger partial charge in [0.1, 0.15) is 6.33 Å². The molecule has 4 heterocycles. The minimum absolute atomic E-state index is 0.101. The van der Waals surface area contributed by atoms with Crippen molar-refractivity contribution in [3.05, 3.63) is 24.3 Å². The van der Waals surface area contributed by atoms with Crippen LogP contribution in [-0.4, -0.2) is 66.5 Å². The largest absolute Gasteiger partial charge is 0.371 e. The predicted molar refractivity (Wildman–Crippen MR) is 97.6 cm³/mol. The van der Waals surface area contributed by atoms with Crippen LogP contribution in [0.3, 0.4) is 0 Å². The first kappa shape index (κ1) is 17.6. The average Bonchev–Trinajstić information content (AvgIpc) is 3.32. The molecule has 140 valence electrons. The molecule has 11 heteroatoms. The first-order chi connectivity index (χ1) is 12.6. The van der Waals surface area contributed by atoms with E-state index in [4.69, 9.17) is 4.74 Å². The van der Waals surface area contributed by atoms with Gasteiger partial charge in [0.25, 0.3) is 5.91 Å². The van der Waals surface area contributed by atoms with Crippen LogP contribution < -0.4 is 4.90 Å². The molecule has 4 rings (SSSR count). The van der Waals surface area contributed by atoms with Crippen molar-refractivity contribution in [2.24, 2.45) is 4.36 Å². The van der Waals surface area contributed by atoms with Crippen molar-refractivity contribution in [2.45, 2.75) is 24.9 Å². The Bertz CT molecular complexity index is 859. The smallest absolute Gasteiger partial charge is 0.259 e. The Morgan fingerprint density at radius 3 is 3.00 bits per heavy atom. The molecule has 0 radical (unpaired) electrons. The van der Waals surface area contributed by atoms with E-state index in [1.54, 1.807) is 18.6 Å². The SMILES string of the molecule is O=C(Cc1ccn[nH]1)N=S1(=O)CCC2(CC1)CN(c1ncns1)CCO2. The number of anilines is 1. The second-order valence-corrected chi connectivity index (χ2v) is 9.90. The van der Waals surface area contributed by atoms with Gasteiger partial charge in [-0.2, -0.15) is 13.8 Å². The van der Waals surface area contributed by atoms with Crippen molar-refractivity contribution >= 4 is 32.3 Å². The van der Waals surface area contributed by atoms with Gasteiger partial charge >= 0.3 is 0 Å². The maximum Gasteiger partial charge on any atom is 0.259 e. The van der Waals surface area contributed by atoms with Gasteiger partial charge in [-0.3, -0.25) is 9.89 Å². The van der Waals surface area contributed by atoms with E-state index in [0.717, 1.165) is 11.7 Å². The van der Waals surface area contributed by atoms with Gasteiger partial charge < -0.3 is 9.64 Å². The maximum atomic E-state index is 13.0. The summed E-state index contributed by atoms with van der Waals surface area (Å²) in [4.78, 5) is 18.6. The standard InChI is InChI=1S/C15H20N6O3S2/c22-13(9-12-1-4-17-19-12)20-26(23)7-2-15(3-8-26)10-21(5-6-24-15)14-16-11-18-25-14/h1,4,11H,2-3,5-10H2,(H,17,19). The molecule has 2 saturated heterocycles. The first-order valence-corrected chi connectivity index (χ1v) is 11.1. The minimum Gasteiger partial charge on any atom is -0.371 e. The Morgan fingerprint density at radius 2 is 2.31 bits per heavy atom. The number of nitrogens with one attached hydrogen (secondary N) is 1. The summed E-state index contributed by atoms with van der Waals surface area (Å²) in [6, 6.07) is 1.72. The van der Waals surface area contributed by atoms with Crippen LogP contribution in [0, 0.1) is 0 Å². The number of hydrogen-bond donors (Lipinski definition) is 1. The number of morpholine rings is 1. The molecule has 1 spiro atoms. The lowest BCUT2D eigenvalue weighted by Gasteiger charge is -2.45. The lowest BCUT2D eigenvalue weighted by molar-refractivity contribution is -0.117. The van der Waals surface area contributed by atoms with Gasteiger partial charge in [-0.25, -0.2) is 9.19 Å². The third-order valence-corrected chi connectivity index (χ3v) is 7.74. The van der Waals surface area contributed by atoms with Crippen LogP contribution in [0.4, 0.5) is 5.13 Å². The summed E-state index contributed by atoms with van der Waals surface area (Å²) in [6.45, 7) is 2.09. The lowest BCUT2D eigenvalue weighted by Crippen LogP contribution is -2.55. The van der Waals surface area contributed by atoms with E-state index >= 15 is 0 Å². The second-order valence-electron chi connectivity index (χ2n) is 6.60. The van der Waals surface area contributed by atoms with E-state index in [9.17, 15) is 9.00 Å². The Kier molecular flexibility index (Phi) is 4.76. The third kappa shape index (κ3) is 3.79. The molecule has 0 saturated carbocycles. The van der Waals surface area contributed by atoms with Gasteiger partial charge in [-0.05, 0) is 18.9 Å². The van der Waals surface area contributed by atoms with Crippen molar-refractivity contribution in [3.63, 3.8) is 0 Å². The molecule has 26 heavy (non-hydrogen) atoms. The highest BCUT2D eigenvalue weighted by Crippen LogP contribution is 2.34. The molecule has 2 aliphatic heterocycles. The third-order valence-electron chi connectivity index (χ3n) is 4.79. The van der Waals surface area contributed by atoms with Crippen LogP contribution >= 0.6 is 11.5 Å². The van der Waals surface area contributed by atoms with Crippen molar-refractivity contribution in [1.82, 2.24) is 19.6 Å². The summed E-state index contributed by atoms with van der Waals surface area (Å²) in [6.07, 6.45) is 4.49. The number of carbonyl (C=O) groups is 1. The Morgan fingerprint density at radius 1 is 1.46 bits per heavy atom. The van der Waals surface area contributed by atoms with Gasteiger partial charge in [0, 0.05) is 48.0 Å². The quantitative estimate of drug-likeness (QED) is 0.819. The molecule has 1 amide bonds. The summed E-state index contributed by atoms with van der Waals surface area (Å²) < 4.78 is 27.1. The van der Waals surface area contributed by atoms with E-state index in [2.05, 4.69) is 28.8 Å². The van der Waals surface area contributed by atoms with Crippen LogP contribution in [0.1, 0.15) is 18.5 Å². The summed E-state index contributed by atoms with van der Waals surface area (Å²) in [5.41, 5.74) is 0.338. The molecule has 0 unspecified atom stereocenters. The van der Waals surface area contributed by atoms with Crippen molar-refractivity contribution in [3.8, 4) is 0 Å². The zero-order chi connectivity index (χ0) is 18.0. The fraction of sp³-hybridized carbons (Fsp3) is 0.600. The average molecular weight is 396 g/mol. The molecule has 2 aliphatic rings. The molecule has 2 aromatic heterocycles. The number of nitrogens with zero attached hydrogens (tertiary/aromatic N) is 5. The number of aromatic amines is 1. The van der Waals surface area contributed by atoms with E-state index in [1.807, 2.05) is 0 Å². The highest BCUT2D eigenvalue weighted by Gasteiger charge is 2.42. The number of rotatable bonds is 3. The fourth-order valence-electron chi connectivity index (χ4n) is 3.39. The summed E-state index contributed by atoms with van der Waals surface area (Å²) >= 11 is 1.37. The molecule has 0 aliphatic carbocycles. The molecule has 1 N–H and O–H groups in total. The molecule has 9 nitrogen and oxygen atoms in total. The van der Waals surface area contributed by atoms with Crippen LogP contribution in [0.25, 0.3) is 0 Å². The number of carbonyl (C=O) groups excluding carboxylic acids is 1. The molecule has 2 aromatic rings. The van der Waals surface area contributed by atoms with Gasteiger partial charge in [0.05, 0.1) is 28.4 Å². The topological polar surface area (TPSA) is 113 Å². The Balaban J connectivity index is 1.42. The lowest BCUT2D eigenvalue weighted by atomic mass is 9.94. The van der Waals surface area contributed by atoms with Crippen molar-refractivity contribution in [1.29, 1.82) is 0 Å². The van der Waals surface area contributed by atoms with Crippen LogP contribution in [0.15, 0.2) is 23.0 Å². The van der Waals surface area contributed by atoms with E-state index in [1.165, 1.54) is 11.5 Å². The monoisotopic (exact) mass is 396 g/mol. The number of amides is 1.